The van der Waals surface area contributed by atoms with E-state index in [1.165, 1.54) is 33.6 Å². The van der Waals surface area contributed by atoms with Crippen molar-refractivity contribution in [2.45, 2.75) is 47.5 Å². The van der Waals surface area contributed by atoms with E-state index in [1.54, 1.807) is 13.8 Å². The summed E-state index contributed by atoms with van der Waals surface area (Å²) in [6.07, 6.45) is 2.56. The molecule has 5 nitrogen and oxygen atoms in total. The van der Waals surface area contributed by atoms with Crippen molar-refractivity contribution in [2.75, 3.05) is 26.4 Å². The highest BCUT2D eigenvalue weighted by Crippen LogP contribution is 1.98. The lowest BCUT2D eigenvalue weighted by Gasteiger charge is -1.89. The maximum absolute atomic E-state index is 9.82. The molecule has 5 heteroatoms. The fourth-order valence-electron chi connectivity index (χ4n) is 0.714. The Kier molecular flexibility index (Phi) is 26.4. The van der Waals surface area contributed by atoms with E-state index in [0.29, 0.717) is 6.61 Å². The van der Waals surface area contributed by atoms with Crippen molar-refractivity contribution in [1.29, 1.82) is 0 Å². The molecule has 1 N–H and O–H groups in total. The van der Waals surface area contributed by atoms with Gasteiger partial charge in [0, 0.05) is 26.7 Å². The Balaban J connectivity index is -0.000000172. The van der Waals surface area contributed by atoms with Crippen LogP contribution in [0.5, 0.6) is 0 Å². The summed E-state index contributed by atoms with van der Waals surface area (Å²) in [5.41, 5.74) is 0. The predicted molar refractivity (Wildman–Crippen MR) is 71.5 cm³/mol. The van der Waals surface area contributed by atoms with Crippen molar-refractivity contribution < 1.29 is 24.2 Å². The van der Waals surface area contributed by atoms with Gasteiger partial charge in [0.05, 0.1) is 6.61 Å². The summed E-state index contributed by atoms with van der Waals surface area (Å²) < 4.78 is 9.35. The Morgan fingerprint density at radius 3 is 1.50 bits per heavy atom. The predicted octanol–water partition coefficient (Wildman–Crippen LogP) is 1.96. The molecule has 0 radical (unpaired) electrons. The molecule has 0 aromatic rings. The van der Waals surface area contributed by atoms with Gasteiger partial charge in [0.15, 0.2) is 0 Å². The van der Waals surface area contributed by atoms with Gasteiger partial charge in [-0.3, -0.25) is 4.79 Å². The lowest BCUT2D eigenvalue weighted by atomic mass is 10.4. The van der Waals surface area contributed by atoms with Gasteiger partial charge in [-0.2, -0.15) is 0 Å². The first-order chi connectivity index (χ1) is 8.42. The van der Waals surface area contributed by atoms with E-state index >= 15 is 0 Å². The second kappa shape index (κ2) is 21.4. The quantitative estimate of drug-likeness (QED) is 0.733. The Morgan fingerprint density at radius 1 is 1.11 bits per heavy atom. The third kappa shape index (κ3) is 59.7. The summed E-state index contributed by atoms with van der Waals surface area (Å²) in [6, 6.07) is 0. The zero-order valence-electron chi connectivity index (χ0n) is 12.3. The van der Waals surface area contributed by atoms with Gasteiger partial charge in [0.25, 0.3) is 0 Å². The summed E-state index contributed by atoms with van der Waals surface area (Å²) >= 11 is 0. The first-order valence-electron chi connectivity index (χ1n) is 6.21. The Labute approximate surface area is 110 Å². The molecule has 0 aromatic carbocycles. The maximum Gasteiger partial charge on any atom is 0.302 e. The van der Waals surface area contributed by atoms with Gasteiger partial charge in [-0.1, -0.05) is 0 Å². The smallest absolute Gasteiger partial charge is 0.302 e. The molecular formula is C13H28O5. The monoisotopic (exact) mass is 264 g/mol. The summed E-state index contributed by atoms with van der Waals surface area (Å²) in [6.45, 7) is 10.6. The number of rotatable bonds is 1. The number of esters is 1. The SMILES string of the molecule is C1CCOC1.CC(C)=O.CCO.CCOC(C)=O. The molecule has 1 saturated heterocycles. The molecule has 110 valence electrons. The van der Waals surface area contributed by atoms with Crippen LogP contribution in [0.25, 0.3) is 0 Å². The molecule has 18 heavy (non-hydrogen) atoms. The van der Waals surface area contributed by atoms with Gasteiger partial charge >= 0.3 is 5.97 Å². The number of ether oxygens (including phenoxy) is 2. The van der Waals surface area contributed by atoms with E-state index < -0.39 is 0 Å². The topological polar surface area (TPSA) is 72.8 Å². The molecule has 0 bridgehead atoms. The van der Waals surface area contributed by atoms with E-state index in [4.69, 9.17) is 9.84 Å². The molecule has 1 aliphatic heterocycles. The second-order valence-electron chi connectivity index (χ2n) is 3.47. The number of carbonyl (C=O) groups is 2. The molecule has 0 aromatic heterocycles. The first kappa shape index (κ1) is 22.3. The van der Waals surface area contributed by atoms with Crippen LogP contribution in [0.1, 0.15) is 47.5 Å². The minimum absolute atomic E-state index is 0.167. The van der Waals surface area contributed by atoms with Gasteiger partial charge in [0.1, 0.15) is 5.78 Å². The van der Waals surface area contributed by atoms with Crippen LogP contribution >= 0.6 is 0 Å². The molecule has 0 saturated carbocycles. The molecule has 0 unspecified atom stereocenters. The van der Waals surface area contributed by atoms with Crippen LogP contribution in [0, 0.1) is 0 Å². The van der Waals surface area contributed by atoms with E-state index in [9.17, 15) is 9.59 Å². The summed E-state index contributed by atoms with van der Waals surface area (Å²) in [4.78, 5) is 19.3. The molecule has 0 spiro atoms. The summed E-state index contributed by atoms with van der Waals surface area (Å²) in [5, 5.41) is 7.57. The van der Waals surface area contributed by atoms with Crippen LogP contribution < -0.4 is 0 Å². The largest absolute Gasteiger partial charge is 0.466 e. The zero-order chi connectivity index (χ0) is 14.8. The minimum atomic E-state index is -0.211. The van der Waals surface area contributed by atoms with Gasteiger partial charge in [-0.25, -0.2) is 0 Å². The molecule has 0 amide bonds. The third-order valence-corrected chi connectivity index (χ3v) is 1.17. The van der Waals surface area contributed by atoms with Gasteiger partial charge in [-0.05, 0) is 40.5 Å². The zero-order valence-corrected chi connectivity index (χ0v) is 12.3. The number of aliphatic hydroxyl groups excluding tert-OH is 1. The van der Waals surface area contributed by atoms with Crippen LogP contribution in [0.2, 0.25) is 0 Å². The summed E-state index contributed by atoms with van der Waals surface area (Å²) in [7, 11) is 0. The standard InChI is InChI=1S/C4H8O2.C4H8O.C3H6O.C2H6O/c1-3-6-4(2)5;1-2-4-5-3-1;1-3(2)4;1-2-3/h3H2,1-2H3;1-4H2;1-2H3;3H,2H2,1H3. The van der Waals surface area contributed by atoms with E-state index in [-0.39, 0.29) is 18.4 Å². The molecule has 1 fully saturated rings. The number of hydrogen-bond donors (Lipinski definition) is 1. The molecule has 0 aliphatic carbocycles. The Bertz CT molecular complexity index is 165. The Morgan fingerprint density at radius 2 is 1.44 bits per heavy atom. The van der Waals surface area contributed by atoms with E-state index in [2.05, 4.69) is 4.74 Å². The van der Waals surface area contributed by atoms with Crippen molar-refractivity contribution in [1.82, 2.24) is 0 Å². The fraction of sp³-hybridized carbons (Fsp3) is 0.846. The van der Waals surface area contributed by atoms with Crippen LogP contribution in [-0.2, 0) is 19.1 Å². The first-order valence-corrected chi connectivity index (χ1v) is 6.21. The van der Waals surface area contributed by atoms with Crippen LogP contribution in [0.4, 0.5) is 0 Å². The van der Waals surface area contributed by atoms with E-state index in [0.717, 1.165) is 13.2 Å². The lowest BCUT2D eigenvalue weighted by Crippen LogP contribution is -1.95. The highest BCUT2D eigenvalue weighted by atomic mass is 16.5. The highest BCUT2D eigenvalue weighted by Gasteiger charge is 1.94. The van der Waals surface area contributed by atoms with Gasteiger partial charge in [-0.15, -0.1) is 0 Å². The van der Waals surface area contributed by atoms with Crippen LogP contribution in [0.15, 0.2) is 0 Å². The number of carbonyl (C=O) groups excluding carboxylic acids is 2. The molecule has 0 atom stereocenters. The van der Waals surface area contributed by atoms with E-state index in [1.807, 2.05) is 0 Å². The third-order valence-electron chi connectivity index (χ3n) is 1.17. The second-order valence-corrected chi connectivity index (χ2v) is 3.47. The average Bonchev–Trinajstić information content (AvgIpc) is 2.74. The lowest BCUT2D eigenvalue weighted by molar-refractivity contribution is -0.140. The maximum atomic E-state index is 9.82. The number of Topliss-reactive ketones (excluding diaryl/α,β-unsaturated/α-hetero) is 1. The van der Waals surface area contributed by atoms with Crippen LogP contribution in [0.3, 0.4) is 0 Å². The molecule has 1 aliphatic rings. The number of ketones is 1. The van der Waals surface area contributed by atoms with Gasteiger partial charge in [0.2, 0.25) is 0 Å². The van der Waals surface area contributed by atoms with Crippen molar-refractivity contribution in [3.63, 3.8) is 0 Å². The fourth-order valence-corrected chi connectivity index (χ4v) is 0.714. The molecule has 1 heterocycles. The van der Waals surface area contributed by atoms with Crippen molar-refractivity contribution >= 4 is 11.8 Å². The number of hydrogen-bond acceptors (Lipinski definition) is 5. The van der Waals surface area contributed by atoms with Crippen molar-refractivity contribution in [2.24, 2.45) is 0 Å². The van der Waals surface area contributed by atoms with Crippen molar-refractivity contribution in [3.05, 3.63) is 0 Å². The Hall–Kier alpha value is -0.940. The highest BCUT2D eigenvalue weighted by molar-refractivity contribution is 5.72. The molecule has 1 rings (SSSR count). The number of aliphatic hydroxyl groups is 1. The average molecular weight is 264 g/mol. The minimum Gasteiger partial charge on any atom is -0.466 e. The summed E-state index contributed by atoms with van der Waals surface area (Å²) in [5.74, 6) is -0.0440. The van der Waals surface area contributed by atoms with Crippen molar-refractivity contribution in [3.8, 4) is 0 Å². The molecular weight excluding hydrogens is 236 g/mol. The normalized spacial score (nSPS) is 11.7. The van der Waals surface area contributed by atoms with Gasteiger partial charge < -0.3 is 19.4 Å². The van der Waals surface area contributed by atoms with Crippen LogP contribution in [-0.4, -0.2) is 43.3 Å².